The van der Waals surface area contributed by atoms with Crippen molar-refractivity contribution in [2.45, 2.75) is 33.2 Å². The van der Waals surface area contributed by atoms with E-state index in [-0.39, 0.29) is 6.04 Å². The largest absolute Gasteiger partial charge is 0.497 e. The Kier molecular flexibility index (Phi) is 5.85. The Morgan fingerprint density at radius 2 is 2.05 bits per heavy atom. The lowest BCUT2D eigenvalue weighted by molar-refractivity contribution is 0.414. The fraction of sp³-hybridized carbons (Fsp3) is 0.412. The Morgan fingerprint density at radius 1 is 1.29 bits per heavy atom. The number of ether oxygens (including phenoxy) is 1. The van der Waals surface area contributed by atoms with Gasteiger partial charge in [-0.3, -0.25) is 0 Å². The zero-order valence-electron chi connectivity index (χ0n) is 13.0. The van der Waals surface area contributed by atoms with Crippen molar-refractivity contribution >= 4 is 27.3 Å². The summed E-state index contributed by atoms with van der Waals surface area (Å²) in [6.45, 7) is 7.55. The lowest BCUT2D eigenvalue weighted by Gasteiger charge is -2.19. The predicted octanol–water partition coefficient (Wildman–Crippen LogP) is 5.23. The van der Waals surface area contributed by atoms with E-state index in [0.29, 0.717) is 0 Å². The van der Waals surface area contributed by atoms with Gasteiger partial charge in [0.1, 0.15) is 5.75 Å². The lowest BCUT2D eigenvalue weighted by Crippen LogP contribution is -2.22. The summed E-state index contributed by atoms with van der Waals surface area (Å²) >= 11 is 5.56. The van der Waals surface area contributed by atoms with Crippen LogP contribution < -0.4 is 10.1 Å². The van der Waals surface area contributed by atoms with Crippen LogP contribution in [0.3, 0.4) is 0 Å². The standard InChI is InChI=1S/C17H22BrNOS/c1-5-8-19-17(16-9-11(2)12(3)21-16)14-7-6-13(20-4)10-15(14)18/h6-7,9-10,17,19H,5,8H2,1-4H3. The van der Waals surface area contributed by atoms with Crippen molar-refractivity contribution in [3.05, 3.63) is 49.6 Å². The Balaban J connectivity index is 2.40. The molecule has 0 saturated carbocycles. The number of thiophene rings is 1. The highest BCUT2D eigenvalue weighted by Crippen LogP contribution is 2.35. The quantitative estimate of drug-likeness (QED) is 0.754. The van der Waals surface area contributed by atoms with Gasteiger partial charge in [-0.15, -0.1) is 11.3 Å². The summed E-state index contributed by atoms with van der Waals surface area (Å²) in [5, 5.41) is 3.66. The zero-order chi connectivity index (χ0) is 15.4. The molecule has 1 atom stereocenters. The number of hydrogen-bond donors (Lipinski definition) is 1. The monoisotopic (exact) mass is 367 g/mol. The van der Waals surface area contributed by atoms with Crippen LogP contribution in [-0.4, -0.2) is 13.7 Å². The highest BCUT2D eigenvalue weighted by atomic mass is 79.9. The molecule has 1 aromatic carbocycles. The molecule has 1 heterocycles. The van der Waals surface area contributed by atoms with Gasteiger partial charge in [0.15, 0.2) is 0 Å². The lowest BCUT2D eigenvalue weighted by atomic mass is 10.0. The third kappa shape index (κ3) is 3.87. The molecule has 2 nitrogen and oxygen atoms in total. The number of rotatable bonds is 6. The molecule has 1 unspecified atom stereocenters. The molecule has 4 heteroatoms. The first-order chi connectivity index (χ1) is 10.1. The summed E-state index contributed by atoms with van der Waals surface area (Å²) in [5.74, 6) is 0.874. The Bertz CT molecular complexity index is 589. The first-order valence-electron chi connectivity index (χ1n) is 7.20. The molecule has 1 aromatic heterocycles. The van der Waals surface area contributed by atoms with E-state index in [4.69, 9.17) is 4.74 Å². The van der Waals surface area contributed by atoms with Crippen LogP contribution >= 0.6 is 27.3 Å². The van der Waals surface area contributed by atoms with Crippen molar-refractivity contribution in [2.24, 2.45) is 0 Å². The van der Waals surface area contributed by atoms with Crippen molar-refractivity contribution < 1.29 is 4.74 Å². The van der Waals surface area contributed by atoms with Crippen LogP contribution in [0.1, 0.15) is 40.3 Å². The van der Waals surface area contributed by atoms with E-state index in [1.807, 2.05) is 23.5 Å². The highest BCUT2D eigenvalue weighted by Gasteiger charge is 2.19. The number of aryl methyl sites for hydroxylation is 2. The molecule has 0 bridgehead atoms. The van der Waals surface area contributed by atoms with Gasteiger partial charge in [-0.25, -0.2) is 0 Å². The van der Waals surface area contributed by atoms with Gasteiger partial charge in [-0.05, 0) is 56.1 Å². The number of halogens is 1. The predicted molar refractivity (Wildman–Crippen MR) is 94.6 cm³/mol. The molecule has 0 spiro atoms. The second kappa shape index (κ2) is 7.43. The van der Waals surface area contributed by atoms with Crippen molar-refractivity contribution in [2.75, 3.05) is 13.7 Å². The minimum Gasteiger partial charge on any atom is -0.497 e. The molecule has 0 aliphatic rings. The molecule has 21 heavy (non-hydrogen) atoms. The number of nitrogens with one attached hydrogen (secondary N) is 1. The Labute approximate surface area is 139 Å². The fourth-order valence-corrected chi connectivity index (χ4v) is 3.99. The van der Waals surface area contributed by atoms with Crippen LogP contribution in [-0.2, 0) is 0 Å². The van der Waals surface area contributed by atoms with Crippen LogP contribution in [0.2, 0.25) is 0 Å². The van der Waals surface area contributed by atoms with Gasteiger partial charge in [-0.1, -0.05) is 28.9 Å². The summed E-state index contributed by atoms with van der Waals surface area (Å²) < 4.78 is 6.37. The molecule has 2 aromatic rings. The molecule has 0 aliphatic carbocycles. The van der Waals surface area contributed by atoms with Crippen LogP contribution in [0.4, 0.5) is 0 Å². The Hall–Kier alpha value is -0.840. The molecule has 0 radical (unpaired) electrons. The van der Waals surface area contributed by atoms with Gasteiger partial charge in [0.05, 0.1) is 13.2 Å². The first kappa shape index (κ1) is 16.5. The van der Waals surface area contributed by atoms with Crippen LogP contribution in [0.5, 0.6) is 5.75 Å². The Morgan fingerprint density at radius 3 is 2.57 bits per heavy atom. The summed E-state index contributed by atoms with van der Waals surface area (Å²) in [7, 11) is 1.69. The molecule has 0 saturated heterocycles. The second-order valence-electron chi connectivity index (χ2n) is 5.16. The molecule has 0 amide bonds. The number of methoxy groups -OCH3 is 1. The summed E-state index contributed by atoms with van der Waals surface area (Å²) in [4.78, 5) is 2.75. The molecule has 0 fully saturated rings. The summed E-state index contributed by atoms with van der Waals surface area (Å²) in [6.07, 6.45) is 1.12. The minimum atomic E-state index is 0.225. The SMILES string of the molecule is CCCNC(c1cc(C)c(C)s1)c1ccc(OC)cc1Br. The molecule has 0 aliphatic heterocycles. The van der Waals surface area contributed by atoms with Crippen LogP contribution in [0, 0.1) is 13.8 Å². The van der Waals surface area contributed by atoms with Crippen molar-refractivity contribution in [3.63, 3.8) is 0 Å². The van der Waals surface area contributed by atoms with Crippen molar-refractivity contribution in [3.8, 4) is 5.75 Å². The van der Waals surface area contributed by atoms with E-state index < -0.39 is 0 Å². The van der Waals surface area contributed by atoms with E-state index in [1.165, 1.54) is 20.9 Å². The minimum absolute atomic E-state index is 0.225. The number of hydrogen-bond acceptors (Lipinski definition) is 3. The molecular weight excluding hydrogens is 346 g/mol. The smallest absolute Gasteiger partial charge is 0.120 e. The maximum absolute atomic E-state index is 5.29. The fourth-order valence-electron chi connectivity index (χ4n) is 2.27. The van der Waals surface area contributed by atoms with Crippen molar-refractivity contribution in [1.29, 1.82) is 0 Å². The summed E-state index contributed by atoms with van der Waals surface area (Å²) in [5.41, 5.74) is 2.62. The van der Waals surface area contributed by atoms with Gasteiger partial charge < -0.3 is 10.1 Å². The maximum Gasteiger partial charge on any atom is 0.120 e. The van der Waals surface area contributed by atoms with Gasteiger partial charge in [-0.2, -0.15) is 0 Å². The van der Waals surface area contributed by atoms with Gasteiger partial charge >= 0.3 is 0 Å². The average molecular weight is 368 g/mol. The average Bonchev–Trinajstić information content (AvgIpc) is 2.80. The highest BCUT2D eigenvalue weighted by molar-refractivity contribution is 9.10. The number of benzene rings is 1. The van der Waals surface area contributed by atoms with E-state index in [1.54, 1.807) is 7.11 Å². The molecule has 114 valence electrons. The van der Waals surface area contributed by atoms with E-state index in [0.717, 1.165) is 23.2 Å². The summed E-state index contributed by atoms with van der Waals surface area (Å²) in [6, 6.07) is 8.71. The second-order valence-corrected chi connectivity index (χ2v) is 7.30. The third-order valence-corrected chi connectivity index (χ3v) is 5.49. The maximum atomic E-state index is 5.29. The van der Waals surface area contributed by atoms with Gasteiger partial charge in [0.2, 0.25) is 0 Å². The van der Waals surface area contributed by atoms with E-state index in [2.05, 4.69) is 54.2 Å². The topological polar surface area (TPSA) is 21.3 Å². The van der Waals surface area contributed by atoms with Gasteiger partial charge in [0, 0.05) is 14.2 Å². The normalized spacial score (nSPS) is 12.4. The first-order valence-corrected chi connectivity index (χ1v) is 8.81. The molecular formula is C17H22BrNOS. The third-order valence-electron chi connectivity index (χ3n) is 3.59. The zero-order valence-corrected chi connectivity index (χ0v) is 15.4. The van der Waals surface area contributed by atoms with Crippen LogP contribution in [0.15, 0.2) is 28.7 Å². The van der Waals surface area contributed by atoms with Gasteiger partial charge in [0.25, 0.3) is 0 Å². The van der Waals surface area contributed by atoms with E-state index in [9.17, 15) is 0 Å². The van der Waals surface area contributed by atoms with E-state index >= 15 is 0 Å². The van der Waals surface area contributed by atoms with Crippen molar-refractivity contribution in [1.82, 2.24) is 5.32 Å². The molecule has 2 rings (SSSR count). The van der Waals surface area contributed by atoms with Crippen LogP contribution in [0.25, 0.3) is 0 Å². The molecule has 1 N–H and O–H groups in total.